The molecule has 0 amide bonds. The number of rotatable bonds is 10. The van der Waals surface area contributed by atoms with E-state index < -0.39 is 0 Å². The summed E-state index contributed by atoms with van der Waals surface area (Å²) in [5, 5.41) is 0. The highest BCUT2D eigenvalue weighted by Crippen LogP contribution is 2.12. The molecular weight excluding hydrogens is 288 g/mol. The first kappa shape index (κ1) is 18.5. The lowest BCUT2D eigenvalue weighted by Gasteiger charge is -2.05. The first-order chi connectivity index (χ1) is 11.8. The summed E-state index contributed by atoms with van der Waals surface area (Å²) in [5.41, 5.74) is 5.64. The number of allylic oxidation sites excluding steroid dienone is 1. The van der Waals surface area contributed by atoms with Gasteiger partial charge in [-0.1, -0.05) is 93.8 Å². The molecule has 0 saturated carbocycles. The third-order valence-electron chi connectivity index (χ3n) is 4.53. The summed E-state index contributed by atoms with van der Waals surface area (Å²) >= 11 is 0. The molecule has 0 heteroatoms. The van der Waals surface area contributed by atoms with E-state index in [0.29, 0.717) is 0 Å². The second-order valence-electron chi connectivity index (χ2n) is 6.71. The monoisotopic (exact) mass is 320 g/mol. The second-order valence-corrected chi connectivity index (χ2v) is 6.71. The van der Waals surface area contributed by atoms with E-state index in [2.05, 4.69) is 74.5 Å². The molecular formula is C24H32. The van der Waals surface area contributed by atoms with Crippen LogP contribution in [-0.2, 0) is 19.3 Å². The quantitative estimate of drug-likeness (QED) is 0.413. The van der Waals surface area contributed by atoms with Gasteiger partial charge in [-0.15, -0.1) is 0 Å². The zero-order chi connectivity index (χ0) is 17.0. The van der Waals surface area contributed by atoms with E-state index in [-0.39, 0.29) is 0 Å². The van der Waals surface area contributed by atoms with E-state index in [9.17, 15) is 0 Å². The predicted molar refractivity (Wildman–Crippen MR) is 107 cm³/mol. The van der Waals surface area contributed by atoms with Gasteiger partial charge in [0.15, 0.2) is 0 Å². The van der Waals surface area contributed by atoms with Crippen molar-refractivity contribution in [2.24, 2.45) is 0 Å². The summed E-state index contributed by atoms with van der Waals surface area (Å²) in [6.07, 6.45) is 14.4. The fourth-order valence-electron chi connectivity index (χ4n) is 2.98. The van der Waals surface area contributed by atoms with Gasteiger partial charge in [0, 0.05) is 0 Å². The minimum atomic E-state index is 1.12. The molecule has 24 heavy (non-hydrogen) atoms. The van der Waals surface area contributed by atoms with Crippen LogP contribution in [0, 0.1) is 0 Å². The summed E-state index contributed by atoms with van der Waals surface area (Å²) in [6, 6.07) is 18.2. The molecule has 0 radical (unpaired) electrons. The Morgan fingerprint density at radius 3 is 1.71 bits per heavy atom. The Labute approximate surface area is 148 Å². The van der Waals surface area contributed by atoms with Crippen LogP contribution in [0.3, 0.4) is 0 Å². The second kappa shape index (κ2) is 10.9. The van der Waals surface area contributed by atoms with Gasteiger partial charge in [0.25, 0.3) is 0 Å². The molecule has 0 bridgehead atoms. The van der Waals surface area contributed by atoms with Crippen molar-refractivity contribution in [2.75, 3.05) is 0 Å². The van der Waals surface area contributed by atoms with Gasteiger partial charge in [0.1, 0.15) is 0 Å². The summed E-state index contributed by atoms with van der Waals surface area (Å²) < 4.78 is 0. The lowest BCUT2D eigenvalue weighted by molar-refractivity contribution is 0.730. The predicted octanol–water partition coefficient (Wildman–Crippen LogP) is 7.02. The molecule has 0 fully saturated rings. The average molecular weight is 321 g/mol. The molecule has 0 atom stereocenters. The highest BCUT2D eigenvalue weighted by molar-refractivity contribution is 5.49. The van der Waals surface area contributed by atoms with Crippen LogP contribution < -0.4 is 0 Å². The van der Waals surface area contributed by atoms with Crippen LogP contribution in [-0.4, -0.2) is 0 Å². The third-order valence-corrected chi connectivity index (χ3v) is 4.53. The summed E-state index contributed by atoms with van der Waals surface area (Å²) in [7, 11) is 0. The normalized spacial score (nSPS) is 11.2. The standard InChI is InChI=1S/C24H32/c1-3-5-6-7-8-10-22-13-17-24(18-14-22)20-19-23-15-11-21(9-4-2)12-16-23/h8,10-18H,3-7,9,19-20H2,1-2H3/b10-8+. The van der Waals surface area contributed by atoms with Crippen LogP contribution in [0.5, 0.6) is 0 Å². The smallest absolute Gasteiger partial charge is 0.0238 e. The molecule has 2 aromatic rings. The Morgan fingerprint density at radius 1 is 0.625 bits per heavy atom. The molecule has 0 spiro atoms. The van der Waals surface area contributed by atoms with Gasteiger partial charge in [0.2, 0.25) is 0 Å². The maximum atomic E-state index is 2.31. The fourth-order valence-corrected chi connectivity index (χ4v) is 2.98. The van der Waals surface area contributed by atoms with E-state index in [1.807, 2.05) is 0 Å². The van der Waals surface area contributed by atoms with Crippen LogP contribution in [0.2, 0.25) is 0 Å². The molecule has 0 saturated heterocycles. The molecule has 0 aliphatic carbocycles. The lowest BCUT2D eigenvalue weighted by Crippen LogP contribution is -1.92. The van der Waals surface area contributed by atoms with E-state index in [0.717, 1.165) is 12.8 Å². The van der Waals surface area contributed by atoms with Crippen molar-refractivity contribution in [1.82, 2.24) is 0 Å². The van der Waals surface area contributed by atoms with E-state index in [1.165, 1.54) is 60.8 Å². The van der Waals surface area contributed by atoms with Gasteiger partial charge in [-0.25, -0.2) is 0 Å². The zero-order valence-corrected chi connectivity index (χ0v) is 15.4. The van der Waals surface area contributed by atoms with Crippen molar-refractivity contribution >= 4 is 6.08 Å². The molecule has 2 aromatic carbocycles. The SMILES string of the molecule is CCCCC/C=C/c1ccc(CCc2ccc(CCC)cc2)cc1. The molecule has 0 heterocycles. The topological polar surface area (TPSA) is 0 Å². The summed E-state index contributed by atoms with van der Waals surface area (Å²) in [4.78, 5) is 0. The molecule has 0 aliphatic heterocycles. The van der Waals surface area contributed by atoms with Crippen molar-refractivity contribution in [1.29, 1.82) is 0 Å². The minimum absolute atomic E-state index is 1.12. The maximum absolute atomic E-state index is 2.31. The van der Waals surface area contributed by atoms with E-state index in [4.69, 9.17) is 0 Å². The van der Waals surface area contributed by atoms with Gasteiger partial charge in [-0.3, -0.25) is 0 Å². The van der Waals surface area contributed by atoms with Crippen molar-refractivity contribution in [3.05, 3.63) is 76.9 Å². The Balaban J connectivity index is 1.78. The molecule has 2 rings (SSSR count). The van der Waals surface area contributed by atoms with E-state index >= 15 is 0 Å². The highest BCUT2D eigenvalue weighted by Gasteiger charge is 1.97. The Hall–Kier alpha value is -1.82. The molecule has 0 aliphatic rings. The van der Waals surface area contributed by atoms with Crippen molar-refractivity contribution in [3.8, 4) is 0 Å². The molecule has 0 nitrogen and oxygen atoms in total. The van der Waals surface area contributed by atoms with Crippen LogP contribution in [0.25, 0.3) is 6.08 Å². The Morgan fingerprint density at radius 2 is 1.17 bits per heavy atom. The number of aryl methyl sites for hydroxylation is 3. The van der Waals surface area contributed by atoms with Crippen LogP contribution in [0.15, 0.2) is 54.6 Å². The van der Waals surface area contributed by atoms with Gasteiger partial charge < -0.3 is 0 Å². The number of hydrogen-bond donors (Lipinski definition) is 0. The largest absolute Gasteiger partial charge is 0.0839 e. The lowest BCUT2D eigenvalue weighted by atomic mass is 10.0. The minimum Gasteiger partial charge on any atom is -0.0839 e. The average Bonchev–Trinajstić information content (AvgIpc) is 2.62. The number of unbranched alkanes of at least 4 members (excludes halogenated alkanes) is 3. The maximum Gasteiger partial charge on any atom is -0.0238 e. The van der Waals surface area contributed by atoms with Crippen molar-refractivity contribution < 1.29 is 0 Å². The molecule has 0 unspecified atom stereocenters. The Bertz CT molecular complexity index is 587. The van der Waals surface area contributed by atoms with Crippen LogP contribution >= 0.6 is 0 Å². The first-order valence-corrected chi connectivity index (χ1v) is 9.65. The van der Waals surface area contributed by atoms with Crippen molar-refractivity contribution in [3.63, 3.8) is 0 Å². The highest BCUT2D eigenvalue weighted by atomic mass is 14.0. The van der Waals surface area contributed by atoms with E-state index in [1.54, 1.807) is 0 Å². The van der Waals surface area contributed by atoms with Crippen molar-refractivity contribution in [2.45, 2.75) is 65.2 Å². The van der Waals surface area contributed by atoms with Crippen LogP contribution in [0.4, 0.5) is 0 Å². The number of hydrogen-bond acceptors (Lipinski definition) is 0. The fraction of sp³-hybridized carbons (Fsp3) is 0.417. The van der Waals surface area contributed by atoms with Gasteiger partial charge in [-0.05, 0) is 54.4 Å². The number of benzene rings is 2. The Kier molecular flexibility index (Phi) is 8.38. The summed E-state index contributed by atoms with van der Waals surface area (Å²) in [5.74, 6) is 0. The first-order valence-electron chi connectivity index (χ1n) is 9.65. The summed E-state index contributed by atoms with van der Waals surface area (Å²) in [6.45, 7) is 4.49. The van der Waals surface area contributed by atoms with Gasteiger partial charge >= 0.3 is 0 Å². The zero-order valence-electron chi connectivity index (χ0n) is 15.4. The van der Waals surface area contributed by atoms with Gasteiger partial charge in [-0.2, -0.15) is 0 Å². The molecule has 128 valence electrons. The molecule has 0 aromatic heterocycles. The molecule has 0 N–H and O–H groups in total. The third kappa shape index (κ3) is 6.74. The van der Waals surface area contributed by atoms with Gasteiger partial charge in [0.05, 0.1) is 0 Å². The van der Waals surface area contributed by atoms with Crippen LogP contribution in [0.1, 0.15) is 68.2 Å².